The molecule has 1 fully saturated rings. The Bertz CT molecular complexity index is 392. The molecule has 0 aliphatic carbocycles. The highest BCUT2D eigenvalue weighted by Gasteiger charge is 2.18. The van der Waals surface area contributed by atoms with E-state index in [0.29, 0.717) is 17.7 Å². The van der Waals surface area contributed by atoms with E-state index >= 15 is 0 Å². The molecule has 1 aliphatic heterocycles. The lowest BCUT2D eigenvalue weighted by atomic mass is 10.3. The highest BCUT2D eigenvalue weighted by Crippen LogP contribution is 2.27. The fraction of sp³-hybridized carbons (Fsp3) is 0.500. The standard InChI is InChI=1S/C12H16BrClN2O.ClH/c13-11-7-9(14)1-2-12(11)17-6-5-16-4-3-10(15)8-16;/h1-2,7,10H,3-6,8,15H2;1H/t10-;/m0./s1. The van der Waals surface area contributed by atoms with E-state index in [1.54, 1.807) is 0 Å². The number of rotatable bonds is 4. The topological polar surface area (TPSA) is 38.5 Å². The lowest BCUT2D eigenvalue weighted by Crippen LogP contribution is -2.29. The molecule has 1 atom stereocenters. The summed E-state index contributed by atoms with van der Waals surface area (Å²) in [6.45, 7) is 3.65. The molecule has 18 heavy (non-hydrogen) atoms. The van der Waals surface area contributed by atoms with Gasteiger partial charge in [0.1, 0.15) is 12.4 Å². The van der Waals surface area contributed by atoms with Crippen LogP contribution in [0.15, 0.2) is 22.7 Å². The van der Waals surface area contributed by atoms with Gasteiger partial charge in [0.15, 0.2) is 0 Å². The van der Waals surface area contributed by atoms with Crippen LogP contribution in [0.4, 0.5) is 0 Å². The molecule has 0 amide bonds. The zero-order valence-corrected chi connectivity index (χ0v) is 13.1. The summed E-state index contributed by atoms with van der Waals surface area (Å²) in [6, 6.07) is 5.87. The smallest absolute Gasteiger partial charge is 0.133 e. The fourth-order valence-electron chi connectivity index (χ4n) is 1.94. The Morgan fingerprint density at radius 1 is 1.50 bits per heavy atom. The highest BCUT2D eigenvalue weighted by atomic mass is 79.9. The van der Waals surface area contributed by atoms with Gasteiger partial charge in [-0.15, -0.1) is 12.4 Å². The molecule has 1 aliphatic rings. The molecule has 1 heterocycles. The van der Waals surface area contributed by atoms with Gasteiger partial charge in [0.2, 0.25) is 0 Å². The number of hydrogen-bond donors (Lipinski definition) is 1. The van der Waals surface area contributed by atoms with Gasteiger partial charge >= 0.3 is 0 Å². The molecule has 3 nitrogen and oxygen atoms in total. The molecule has 0 unspecified atom stereocenters. The van der Waals surface area contributed by atoms with Crippen LogP contribution in [0.2, 0.25) is 5.02 Å². The summed E-state index contributed by atoms with van der Waals surface area (Å²) in [6.07, 6.45) is 1.09. The molecule has 0 spiro atoms. The van der Waals surface area contributed by atoms with Crippen LogP contribution in [-0.2, 0) is 0 Å². The molecular weight excluding hydrogens is 339 g/mol. The summed E-state index contributed by atoms with van der Waals surface area (Å²) in [5.41, 5.74) is 5.84. The Balaban J connectivity index is 0.00000162. The van der Waals surface area contributed by atoms with Gasteiger partial charge in [-0.3, -0.25) is 4.90 Å². The number of ether oxygens (including phenoxy) is 1. The SMILES string of the molecule is Cl.N[C@H]1CCN(CCOc2ccc(Cl)cc2Br)C1. The Morgan fingerprint density at radius 3 is 2.89 bits per heavy atom. The zero-order chi connectivity index (χ0) is 12.3. The van der Waals surface area contributed by atoms with Crippen molar-refractivity contribution in [3.8, 4) is 5.75 Å². The number of nitrogens with two attached hydrogens (primary N) is 1. The number of nitrogens with zero attached hydrogens (tertiary/aromatic N) is 1. The van der Waals surface area contributed by atoms with Gasteiger partial charge in [-0.25, -0.2) is 0 Å². The first-order chi connectivity index (χ1) is 8.15. The molecule has 2 N–H and O–H groups in total. The maximum atomic E-state index is 5.86. The van der Waals surface area contributed by atoms with E-state index in [9.17, 15) is 0 Å². The van der Waals surface area contributed by atoms with Crippen LogP contribution in [0.1, 0.15) is 6.42 Å². The average Bonchev–Trinajstić information content (AvgIpc) is 2.68. The third-order valence-corrected chi connectivity index (χ3v) is 3.72. The van der Waals surface area contributed by atoms with Gasteiger partial charge in [-0.1, -0.05) is 11.6 Å². The minimum atomic E-state index is 0. The predicted octanol–water partition coefficient (Wildman–Crippen LogP) is 2.94. The van der Waals surface area contributed by atoms with Crippen LogP contribution in [0.3, 0.4) is 0 Å². The molecule has 1 saturated heterocycles. The van der Waals surface area contributed by atoms with Crippen molar-refractivity contribution < 1.29 is 4.74 Å². The Kier molecular flexibility index (Phi) is 6.74. The molecular formula is C12H17BrCl2N2O. The van der Waals surface area contributed by atoms with Crippen LogP contribution in [0.25, 0.3) is 0 Å². The Morgan fingerprint density at radius 2 is 2.28 bits per heavy atom. The van der Waals surface area contributed by atoms with E-state index in [0.717, 1.165) is 36.3 Å². The molecule has 0 saturated carbocycles. The Hall–Kier alpha value is -0.0000000000000000555. The molecule has 2 rings (SSSR count). The molecule has 0 radical (unpaired) electrons. The van der Waals surface area contributed by atoms with Crippen LogP contribution in [0.5, 0.6) is 5.75 Å². The van der Waals surface area contributed by atoms with Crippen molar-refractivity contribution in [1.82, 2.24) is 4.90 Å². The summed E-state index contributed by atoms with van der Waals surface area (Å²) >= 11 is 9.29. The second-order valence-corrected chi connectivity index (χ2v) is 5.56. The summed E-state index contributed by atoms with van der Waals surface area (Å²) < 4.78 is 6.59. The molecule has 0 aromatic heterocycles. The highest BCUT2D eigenvalue weighted by molar-refractivity contribution is 9.10. The second kappa shape index (κ2) is 7.56. The molecule has 102 valence electrons. The van der Waals surface area contributed by atoms with E-state index < -0.39 is 0 Å². The van der Waals surface area contributed by atoms with Crippen LogP contribution < -0.4 is 10.5 Å². The van der Waals surface area contributed by atoms with Gasteiger partial charge < -0.3 is 10.5 Å². The maximum absolute atomic E-state index is 5.86. The number of halogens is 3. The number of likely N-dealkylation sites (tertiary alicyclic amines) is 1. The Labute approximate surface area is 127 Å². The van der Waals surface area contributed by atoms with Gasteiger partial charge in [-0.2, -0.15) is 0 Å². The quantitative estimate of drug-likeness (QED) is 0.902. The maximum Gasteiger partial charge on any atom is 0.133 e. The van der Waals surface area contributed by atoms with Gasteiger partial charge in [0.25, 0.3) is 0 Å². The van der Waals surface area contributed by atoms with Crippen LogP contribution in [0, 0.1) is 0 Å². The first-order valence-electron chi connectivity index (χ1n) is 5.71. The molecule has 1 aromatic rings. The third-order valence-electron chi connectivity index (χ3n) is 2.87. The van der Waals surface area contributed by atoms with E-state index in [1.165, 1.54) is 0 Å². The van der Waals surface area contributed by atoms with Gasteiger partial charge in [0, 0.05) is 24.2 Å². The monoisotopic (exact) mass is 354 g/mol. The largest absolute Gasteiger partial charge is 0.491 e. The fourth-order valence-corrected chi connectivity index (χ4v) is 2.74. The van der Waals surface area contributed by atoms with Gasteiger partial charge in [0.05, 0.1) is 4.47 Å². The van der Waals surface area contributed by atoms with E-state index in [4.69, 9.17) is 22.1 Å². The van der Waals surface area contributed by atoms with Crippen molar-refractivity contribution in [2.45, 2.75) is 12.5 Å². The summed E-state index contributed by atoms with van der Waals surface area (Å²) in [5, 5.41) is 0.703. The van der Waals surface area contributed by atoms with Crippen molar-refractivity contribution >= 4 is 39.9 Å². The van der Waals surface area contributed by atoms with Crippen LogP contribution in [-0.4, -0.2) is 37.2 Å². The van der Waals surface area contributed by atoms with E-state index in [2.05, 4.69) is 20.8 Å². The predicted molar refractivity (Wildman–Crippen MR) is 80.9 cm³/mol. The lowest BCUT2D eigenvalue weighted by Gasteiger charge is -2.16. The lowest BCUT2D eigenvalue weighted by molar-refractivity contribution is 0.235. The molecule has 0 bridgehead atoms. The van der Waals surface area contributed by atoms with Crippen molar-refractivity contribution in [2.24, 2.45) is 5.73 Å². The normalized spacial score (nSPS) is 19.6. The van der Waals surface area contributed by atoms with Crippen molar-refractivity contribution in [2.75, 3.05) is 26.2 Å². The van der Waals surface area contributed by atoms with Gasteiger partial charge in [-0.05, 0) is 47.1 Å². The first-order valence-corrected chi connectivity index (χ1v) is 6.88. The molecule has 1 aromatic carbocycles. The summed E-state index contributed by atoms with van der Waals surface area (Å²) in [4.78, 5) is 2.33. The zero-order valence-electron chi connectivity index (χ0n) is 9.94. The van der Waals surface area contributed by atoms with E-state index in [-0.39, 0.29) is 12.4 Å². The van der Waals surface area contributed by atoms with Crippen LogP contribution >= 0.6 is 39.9 Å². The number of hydrogen-bond acceptors (Lipinski definition) is 3. The van der Waals surface area contributed by atoms with E-state index in [1.807, 2.05) is 18.2 Å². The second-order valence-electron chi connectivity index (χ2n) is 4.27. The summed E-state index contributed by atoms with van der Waals surface area (Å²) in [7, 11) is 0. The minimum absolute atomic E-state index is 0. The third kappa shape index (κ3) is 4.59. The number of benzene rings is 1. The average molecular weight is 356 g/mol. The van der Waals surface area contributed by atoms with Crippen molar-refractivity contribution in [1.29, 1.82) is 0 Å². The summed E-state index contributed by atoms with van der Waals surface area (Å²) in [5.74, 6) is 0.831. The van der Waals surface area contributed by atoms with Crippen molar-refractivity contribution in [3.05, 3.63) is 27.7 Å². The first kappa shape index (κ1) is 16.1. The minimum Gasteiger partial charge on any atom is -0.491 e. The molecule has 6 heteroatoms. The van der Waals surface area contributed by atoms with Crippen molar-refractivity contribution in [3.63, 3.8) is 0 Å².